The number of allylic oxidation sites excluding steroid dienone is 17. The quantitative estimate of drug-likeness (QED) is 0.0199. The van der Waals surface area contributed by atoms with Crippen LogP contribution in [0.25, 0.3) is 0 Å². The molecule has 594 valence electrons. The number of hydrogen-bond donors (Lipinski definition) is 12. The zero-order valence-electron chi connectivity index (χ0n) is 63.5. The predicted octanol–water partition coefficient (Wildman–Crippen LogP) is 13.7. The molecule has 0 bridgehead atoms. The van der Waals surface area contributed by atoms with Gasteiger partial charge in [-0.15, -0.1) is 0 Å². The van der Waals surface area contributed by atoms with E-state index in [9.17, 15) is 61.0 Å². The van der Waals surface area contributed by atoms with E-state index < -0.39 is 124 Å². The Morgan fingerprint density at radius 3 is 1.09 bits per heavy atom. The number of unbranched alkanes of at least 4 members (excludes halogenated alkanes) is 31. The fourth-order valence-corrected chi connectivity index (χ4v) is 13.1. The normalized spacial score (nSPS) is 26.6. The van der Waals surface area contributed by atoms with Crippen LogP contribution in [-0.4, -0.2) is 193 Å². The van der Waals surface area contributed by atoms with Crippen LogP contribution in [-0.2, 0) is 33.2 Å². The molecule has 12 N–H and O–H groups in total. The van der Waals surface area contributed by atoms with E-state index in [4.69, 9.17) is 28.4 Å². The van der Waals surface area contributed by atoms with Crippen molar-refractivity contribution in [3.63, 3.8) is 0 Å². The molecular weight excluding hydrogens is 1310 g/mol. The van der Waals surface area contributed by atoms with Crippen LogP contribution in [0.3, 0.4) is 0 Å². The van der Waals surface area contributed by atoms with Gasteiger partial charge in [0.05, 0.1) is 38.6 Å². The molecular formula is C84H145NO18. The Labute approximate surface area is 621 Å². The SMILES string of the molecule is CC/C=C\C/C=C\C/C=C\C/C=C\C/C=C\C/C=C\C/C=C\CCCCCCCCCCCC(=O)NC(COC1OC(CO)C(OC2OC(CO)C(OC3OC(CO)C(O)C(O)C3O)C(O)C2O)C(O)C1O)C(O)/C=C/CC/C=C/CCCCCCCCCCCCCCCCCCCCCCC. The minimum absolute atomic E-state index is 0.222. The highest BCUT2D eigenvalue weighted by atomic mass is 16.8. The van der Waals surface area contributed by atoms with Gasteiger partial charge in [-0.05, 0) is 89.9 Å². The molecule has 103 heavy (non-hydrogen) atoms. The fourth-order valence-electron chi connectivity index (χ4n) is 13.1. The van der Waals surface area contributed by atoms with E-state index in [0.717, 1.165) is 96.3 Å². The van der Waals surface area contributed by atoms with Gasteiger partial charge in [0.25, 0.3) is 0 Å². The summed E-state index contributed by atoms with van der Waals surface area (Å²) in [5.74, 6) is -0.294. The van der Waals surface area contributed by atoms with E-state index in [1.54, 1.807) is 6.08 Å². The summed E-state index contributed by atoms with van der Waals surface area (Å²) in [6.45, 7) is 1.62. The van der Waals surface area contributed by atoms with E-state index in [1.165, 1.54) is 154 Å². The van der Waals surface area contributed by atoms with Gasteiger partial charge < -0.3 is 89.9 Å². The monoisotopic (exact) mass is 1460 g/mol. The van der Waals surface area contributed by atoms with Gasteiger partial charge >= 0.3 is 0 Å². The van der Waals surface area contributed by atoms with Crippen LogP contribution in [0.2, 0.25) is 0 Å². The highest BCUT2D eigenvalue weighted by Gasteiger charge is 2.54. The average molecular weight is 1460 g/mol. The molecule has 17 atom stereocenters. The fraction of sp³-hybridized carbons (Fsp3) is 0.774. The molecule has 0 spiro atoms. The predicted molar refractivity (Wildman–Crippen MR) is 410 cm³/mol. The zero-order chi connectivity index (χ0) is 74.6. The Bertz CT molecular complexity index is 2290. The van der Waals surface area contributed by atoms with Crippen LogP contribution in [0.4, 0.5) is 0 Å². The van der Waals surface area contributed by atoms with E-state index in [2.05, 4.69) is 116 Å². The van der Waals surface area contributed by atoms with Gasteiger partial charge in [-0.1, -0.05) is 297 Å². The van der Waals surface area contributed by atoms with Crippen LogP contribution in [0.15, 0.2) is 109 Å². The van der Waals surface area contributed by atoms with E-state index in [-0.39, 0.29) is 18.9 Å². The molecule has 19 nitrogen and oxygen atoms in total. The number of ether oxygens (including phenoxy) is 6. The molecule has 1 amide bonds. The molecule has 19 heteroatoms. The summed E-state index contributed by atoms with van der Waals surface area (Å²) in [6.07, 6.45) is 60.7. The number of rotatable bonds is 63. The minimum atomic E-state index is -1.99. The molecule has 0 aromatic rings. The smallest absolute Gasteiger partial charge is 0.220 e. The molecule has 3 saturated heterocycles. The van der Waals surface area contributed by atoms with Gasteiger partial charge in [-0.25, -0.2) is 0 Å². The summed E-state index contributed by atoms with van der Waals surface area (Å²) >= 11 is 0. The second-order valence-corrected chi connectivity index (χ2v) is 28.5. The Kier molecular flexibility index (Phi) is 57.6. The van der Waals surface area contributed by atoms with Gasteiger partial charge in [0.1, 0.15) is 73.2 Å². The zero-order valence-corrected chi connectivity index (χ0v) is 63.5. The first-order chi connectivity index (χ1) is 50.3. The summed E-state index contributed by atoms with van der Waals surface area (Å²) in [5, 5.41) is 121. The second-order valence-electron chi connectivity index (χ2n) is 28.5. The van der Waals surface area contributed by atoms with Gasteiger partial charge in [-0.2, -0.15) is 0 Å². The topological polar surface area (TPSA) is 307 Å². The van der Waals surface area contributed by atoms with Crippen molar-refractivity contribution in [2.24, 2.45) is 0 Å². The van der Waals surface area contributed by atoms with E-state index in [1.807, 2.05) is 6.08 Å². The summed E-state index contributed by atoms with van der Waals surface area (Å²) in [6, 6.07) is -1.00. The Morgan fingerprint density at radius 1 is 0.359 bits per heavy atom. The molecule has 0 saturated carbocycles. The number of aliphatic hydroxyl groups is 11. The van der Waals surface area contributed by atoms with Crippen molar-refractivity contribution in [3.8, 4) is 0 Å². The van der Waals surface area contributed by atoms with Crippen molar-refractivity contribution < 1.29 is 89.4 Å². The number of aliphatic hydroxyl groups excluding tert-OH is 11. The van der Waals surface area contributed by atoms with Gasteiger partial charge in [0.15, 0.2) is 18.9 Å². The number of carbonyl (C=O) groups excluding carboxylic acids is 1. The largest absolute Gasteiger partial charge is 0.394 e. The van der Waals surface area contributed by atoms with Crippen LogP contribution in [0.1, 0.15) is 284 Å². The van der Waals surface area contributed by atoms with Crippen molar-refractivity contribution in [1.82, 2.24) is 5.32 Å². The van der Waals surface area contributed by atoms with Crippen molar-refractivity contribution in [1.29, 1.82) is 0 Å². The third-order valence-electron chi connectivity index (χ3n) is 19.6. The maximum Gasteiger partial charge on any atom is 0.220 e. The molecule has 17 unspecified atom stereocenters. The standard InChI is InChI=1S/C84H145NO18/c1-3-5-7-9-11-13-15-17-19-21-23-25-27-29-31-32-33-34-36-38-40-42-44-46-48-50-52-54-56-58-60-62-72(90)85-67(68(89)61-59-57-55-53-51-49-47-45-43-41-39-37-35-30-28-26-24-22-20-18-16-14-12-10-8-6-4-2)66-98-82-78(96)75(93)80(70(64-87)100-82)103-84-79(97)76(94)81(71(65-88)101-84)102-83-77(95)74(92)73(91)69(63-86)99-83/h5,7,11,13,17,19,23,25,29,31,33-34,38,40,51,53,59,61,67-71,73-84,86-89,91-97H,3-4,6,8-10,12,14-16,18,20-22,24,26-28,30,32,35-37,39,41-50,52,54-58,60,62-66H2,1-2H3,(H,85,90)/b7-5-,13-11-,19-17-,25-23-,31-29-,34-33-,40-38-,53-51+,61-59+. The average Bonchev–Trinajstić information content (AvgIpc) is 0.781. The van der Waals surface area contributed by atoms with E-state index in [0.29, 0.717) is 12.8 Å². The lowest BCUT2D eigenvalue weighted by Gasteiger charge is -2.48. The van der Waals surface area contributed by atoms with Gasteiger partial charge in [0, 0.05) is 6.42 Å². The molecule has 0 aromatic heterocycles. The third kappa shape index (κ3) is 43.3. The van der Waals surface area contributed by atoms with Crippen LogP contribution >= 0.6 is 0 Å². The summed E-state index contributed by atoms with van der Waals surface area (Å²) in [7, 11) is 0. The van der Waals surface area contributed by atoms with Gasteiger partial charge in [0.2, 0.25) is 5.91 Å². The number of hydrogen-bond acceptors (Lipinski definition) is 18. The molecule has 3 heterocycles. The molecule has 0 aromatic carbocycles. The summed E-state index contributed by atoms with van der Waals surface area (Å²) < 4.78 is 34.4. The highest BCUT2D eigenvalue weighted by molar-refractivity contribution is 5.76. The lowest BCUT2D eigenvalue weighted by molar-refractivity contribution is -0.379. The Morgan fingerprint density at radius 2 is 0.680 bits per heavy atom. The maximum atomic E-state index is 13.5. The molecule has 0 radical (unpaired) electrons. The first kappa shape index (κ1) is 93.7. The van der Waals surface area contributed by atoms with Gasteiger partial charge in [-0.3, -0.25) is 4.79 Å². The molecule has 3 aliphatic heterocycles. The molecule has 3 rings (SSSR count). The molecule has 0 aliphatic carbocycles. The Hall–Kier alpha value is -3.55. The first-order valence-corrected chi connectivity index (χ1v) is 40.6. The molecule has 3 aliphatic rings. The number of nitrogens with one attached hydrogen (secondary N) is 1. The number of amides is 1. The maximum absolute atomic E-state index is 13.5. The number of carbonyl (C=O) groups is 1. The summed E-state index contributed by atoms with van der Waals surface area (Å²) in [5.41, 5.74) is 0. The Balaban J connectivity index is 1.39. The summed E-state index contributed by atoms with van der Waals surface area (Å²) in [4.78, 5) is 13.5. The van der Waals surface area contributed by atoms with E-state index >= 15 is 0 Å². The second kappa shape index (κ2) is 63.4. The van der Waals surface area contributed by atoms with Crippen LogP contribution in [0, 0.1) is 0 Å². The van der Waals surface area contributed by atoms with Crippen LogP contribution < -0.4 is 5.32 Å². The lowest BCUT2D eigenvalue weighted by atomic mass is 9.96. The van der Waals surface area contributed by atoms with Crippen molar-refractivity contribution in [2.45, 2.75) is 388 Å². The third-order valence-corrected chi connectivity index (χ3v) is 19.6. The first-order valence-electron chi connectivity index (χ1n) is 40.6. The van der Waals surface area contributed by atoms with Crippen molar-refractivity contribution in [3.05, 3.63) is 109 Å². The molecule has 3 fully saturated rings. The highest BCUT2D eigenvalue weighted by Crippen LogP contribution is 2.33. The van der Waals surface area contributed by atoms with Crippen molar-refractivity contribution >= 4 is 5.91 Å². The van der Waals surface area contributed by atoms with Crippen LogP contribution in [0.5, 0.6) is 0 Å². The van der Waals surface area contributed by atoms with Crippen molar-refractivity contribution in [2.75, 3.05) is 26.4 Å². The minimum Gasteiger partial charge on any atom is -0.394 e. The lowest BCUT2D eigenvalue weighted by Crippen LogP contribution is -2.66.